The SMILES string of the molecule is COC(C)CNc1nc(Cl)nc2nc[nH]c12. The molecule has 2 aromatic rings. The monoisotopic (exact) mass is 241 g/mol. The van der Waals surface area contributed by atoms with Gasteiger partial charge >= 0.3 is 0 Å². The second-order valence-corrected chi connectivity index (χ2v) is 3.71. The number of anilines is 1. The molecule has 2 N–H and O–H groups in total. The third-order valence-corrected chi connectivity index (χ3v) is 2.39. The van der Waals surface area contributed by atoms with E-state index in [4.69, 9.17) is 16.3 Å². The summed E-state index contributed by atoms with van der Waals surface area (Å²) < 4.78 is 5.13. The number of H-pyrrole nitrogens is 1. The Labute approximate surface area is 97.4 Å². The lowest BCUT2D eigenvalue weighted by Gasteiger charge is -2.11. The van der Waals surface area contributed by atoms with Crippen LogP contribution >= 0.6 is 11.6 Å². The Balaban J connectivity index is 2.25. The number of nitrogens with zero attached hydrogens (tertiary/aromatic N) is 3. The normalized spacial score (nSPS) is 12.9. The van der Waals surface area contributed by atoms with Gasteiger partial charge < -0.3 is 15.0 Å². The molecule has 2 aromatic heterocycles. The molecule has 0 amide bonds. The Hall–Kier alpha value is -1.40. The number of fused-ring (bicyclic) bond motifs is 1. The second-order valence-electron chi connectivity index (χ2n) is 3.37. The summed E-state index contributed by atoms with van der Waals surface area (Å²) in [5.74, 6) is 0.636. The zero-order chi connectivity index (χ0) is 11.5. The standard InChI is InChI=1S/C9H12ClN5O/c1-5(16-2)3-11-7-6-8(13-4-12-6)15-9(10)14-7/h4-5H,3H2,1-2H3,(H2,11,12,13,14,15). The Bertz CT molecular complexity index is 486. The van der Waals surface area contributed by atoms with Crippen LogP contribution in [-0.2, 0) is 4.74 Å². The smallest absolute Gasteiger partial charge is 0.226 e. The first kappa shape index (κ1) is 11.1. The van der Waals surface area contributed by atoms with Crippen LogP contribution < -0.4 is 5.32 Å². The molecule has 0 saturated heterocycles. The van der Waals surface area contributed by atoms with Crippen LogP contribution in [0.25, 0.3) is 11.2 Å². The van der Waals surface area contributed by atoms with Crippen LogP contribution in [0.15, 0.2) is 6.33 Å². The van der Waals surface area contributed by atoms with Crippen molar-refractivity contribution in [3.8, 4) is 0 Å². The molecule has 0 spiro atoms. The molecule has 0 aliphatic rings. The highest BCUT2D eigenvalue weighted by molar-refractivity contribution is 6.28. The zero-order valence-corrected chi connectivity index (χ0v) is 9.75. The minimum atomic E-state index is 0.0895. The number of methoxy groups -OCH3 is 1. The first-order chi connectivity index (χ1) is 7.70. The van der Waals surface area contributed by atoms with Crippen LogP contribution in [0, 0.1) is 0 Å². The maximum atomic E-state index is 5.78. The van der Waals surface area contributed by atoms with E-state index >= 15 is 0 Å². The molecule has 0 bridgehead atoms. The van der Waals surface area contributed by atoms with E-state index < -0.39 is 0 Å². The average Bonchev–Trinajstić information content (AvgIpc) is 2.73. The molecule has 6 nitrogen and oxygen atoms in total. The van der Waals surface area contributed by atoms with Gasteiger partial charge in [-0.2, -0.15) is 9.97 Å². The maximum absolute atomic E-state index is 5.78. The maximum Gasteiger partial charge on any atom is 0.226 e. The van der Waals surface area contributed by atoms with Gasteiger partial charge in [-0.3, -0.25) is 0 Å². The van der Waals surface area contributed by atoms with Gasteiger partial charge in [-0.05, 0) is 18.5 Å². The lowest BCUT2D eigenvalue weighted by atomic mass is 10.4. The Morgan fingerprint density at radius 3 is 3.12 bits per heavy atom. The molecule has 0 aliphatic carbocycles. The molecule has 0 radical (unpaired) electrons. The van der Waals surface area contributed by atoms with Gasteiger partial charge in [-0.25, -0.2) is 4.98 Å². The van der Waals surface area contributed by atoms with E-state index in [9.17, 15) is 0 Å². The van der Waals surface area contributed by atoms with Crippen molar-refractivity contribution in [2.24, 2.45) is 0 Å². The number of halogens is 1. The summed E-state index contributed by atoms with van der Waals surface area (Å²) in [7, 11) is 1.66. The molecular formula is C9H12ClN5O. The lowest BCUT2D eigenvalue weighted by molar-refractivity contribution is 0.128. The topological polar surface area (TPSA) is 75.7 Å². The lowest BCUT2D eigenvalue weighted by Crippen LogP contribution is -2.19. The van der Waals surface area contributed by atoms with Crippen LogP contribution in [0.4, 0.5) is 5.82 Å². The minimum Gasteiger partial charge on any atom is -0.380 e. The molecule has 1 atom stereocenters. The number of ether oxygens (including phenoxy) is 1. The fourth-order valence-corrected chi connectivity index (χ4v) is 1.42. The molecule has 2 rings (SSSR count). The predicted molar refractivity (Wildman–Crippen MR) is 61.7 cm³/mol. The van der Waals surface area contributed by atoms with E-state index in [0.29, 0.717) is 18.0 Å². The van der Waals surface area contributed by atoms with Gasteiger partial charge in [0.25, 0.3) is 0 Å². The number of imidazole rings is 1. The van der Waals surface area contributed by atoms with Gasteiger partial charge in [0, 0.05) is 13.7 Å². The summed E-state index contributed by atoms with van der Waals surface area (Å²) in [6, 6.07) is 0. The van der Waals surface area contributed by atoms with E-state index in [0.717, 1.165) is 5.52 Å². The predicted octanol–water partition coefficient (Wildman–Crippen LogP) is 1.45. The van der Waals surface area contributed by atoms with Gasteiger partial charge in [0.15, 0.2) is 11.5 Å². The third-order valence-electron chi connectivity index (χ3n) is 2.22. The van der Waals surface area contributed by atoms with Gasteiger partial charge in [0.05, 0.1) is 12.4 Å². The highest BCUT2D eigenvalue weighted by Gasteiger charge is 2.09. The molecule has 7 heteroatoms. The van der Waals surface area contributed by atoms with Crippen LogP contribution in [0.1, 0.15) is 6.92 Å². The number of hydrogen-bond donors (Lipinski definition) is 2. The molecule has 1 unspecified atom stereocenters. The summed E-state index contributed by atoms with van der Waals surface area (Å²) in [5.41, 5.74) is 1.29. The summed E-state index contributed by atoms with van der Waals surface area (Å²) in [4.78, 5) is 15.1. The summed E-state index contributed by atoms with van der Waals surface area (Å²) in [5, 5.41) is 3.31. The van der Waals surface area contributed by atoms with Gasteiger partial charge in [0.1, 0.15) is 5.52 Å². The summed E-state index contributed by atoms with van der Waals surface area (Å²) in [6.45, 7) is 2.60. The number of aromatic amines is 1. The quantitative estimate of drug-likeness (QED) is 0.793. The highest BCUT2D eigenvalue weighted by atomic mass is 35.5. The van der Waals surface area contributed by atoms with Crippen LogP contribution in [-0.4, -0.2) is 39.7 Å². The van der Waals surface area contributed by atoms with Crippen molar-refractivity contribution in [3.63, 3.8) is 0 Å². The van der Waals surface area contributed by atoms with Crippen molar-refractivity contribution < 1.29 is 4.74 Å². The Morgan fingerprint density at radius 2 is 2.38 bits per heavy atom. The molecule has 16 heavy (non-hydrogen) atoms. The molecule has 0 saturated carbocycles. The Kier molecular flexibility index (Phi) is 3.21. The van der Waals surface area contributed by atoms with Crippen molar-refractivity contribution in [2.75, 3.05) is 19.0 Å². The number of hydrogen-bond acceptors (Lipinski definition) is 5. The molecule has 0 fully saturated rings. The van der Waals surface area contributed by atoms with E-state index in [1.807, 2.05) is 6.92 Å². The fraction of sp³-hybridized carbons (Fsp3) is 0.444. The average molecular weight is 242 g/mol. The van der Waals surface area contributed by atoms with Crippen molar-refractivity contribution in [1.82, 2.24) is 19.9 Å². The van der Waals surface area contributed by atoms with Crippen LogP contribution in [0.2, 0.25) is 5.28 Å². The van der Waals surface area contributed by atoms with E-state index in [-0.39, 0.29) is 11.4 Å². The van der Waals surface area contributed by atoms with E-state index in [1.54, 1.807) is 13.4 Å². The molecule has 2 heterocycles. The van der Waals surface area contributed by atoms with Crippen LogP contribution in [0.3, 0.4) is 0 Å². The van der Waals surface area contributed by atoms with Gasteiger partial charge in [0.2, 0.25) is 5.28 Å². The molecule has 0 aliphatic heterocycles. The number of aromatic nitrogens is 4. The first-order valence-corrected chi connectivity index (χ1v) is 5.21. The van der Waals surface area contributed by atoms with Gasteiger partial charge in [-0.15, -0.1) is 0 Å². The Morgan fingerprint density at radius 1 is 1.56 bits per heavy atom. The minimum absolute atomic E-state index is 0.0895. The number of nitrogens with one attached hydrogen (secondary N) is 2. The van der Waals surface area contributed by atoms with Crippen molar-refractivity contribution >= 4 is 28.6 Å². The highest BCUT2D eigenvalue weighted by Crippen LogP contribution is 2.18. The molecule has 0 aromatic carbocycles. The number of rotatable bonds is 4. The summed E-state index contributed by atoms with van der Waals surface area (Å²) in [6.07, 6.45) is 1.65. The van der Waals surface area contributed by atoms with Crippen molar-refractivity contribution in [3.05, 3.63) is 11.6 Å². The van der Waals surface area contributed by atoms with Crippen molar-refractivity contribution in [1.29, 1.82) is 0 Å². The zero-order valence-electron chi connectivity index (χ0n) is 8.99. The van der Waals surface area contributed by atoms with Gasteiger partial charge in [-0.1, -0.05) is 0 Å². The van der Waals surface area contributed by atoms with E-state index in [2.05, 4.69) is 25.3 Å². The molecule has 86 valence electrons. The third kappa shape index (κ3) is 2.23. The molecular weight excluding hydrogens is 230 g/mol. The van der Waals surface area contributed by atoms with Crippen molar-refractivity contribution in [2.45, 2.75) is 13.0 Å². The first-order valence-electron chi connectivity index (χ1n) is 4.84. The second kappa shape index (κ2) is 4.63. The van der Waals surface area contributed by atoms with E-state index in [1.165, 1.54) is 0 Å². The fourth-order valence-electron chi connectivity index (χ4n) is 1.26. The summed E-state index contributed by atoms with van der Waals surface area (Å²) >= 11 is 5.78. The van der Waals surface area contributed by atoms with Crippen LogP contribution in [0.5, 0.6) is 0 Å². The largest absolute Gasteiger partial charge is 0.380 e.